The zero-order valence-corrected chi connectivity index (χ0v) is 15.7. The van der Waals surface area contributed by atoms with Crippen molar-refractivity contribution in [1.82, 2.24) is 14.7 Å². The van der Waals surface area contributed by atoms with E-state index in [2.05, 4.69) is 5.10 Å². The van der Waals surface area contributed by atoms with Gasteiger partial charge in [0.15, 0.2) is 5.03 Å². The first-order valence-corrected chi connectivity index (χ1v) is 9.58. The maximum absolute atomic E-state index is 13.4. The van der Waals surface area contributed by atoms with Crippen molar-refractivity contribution in [2.24, 2.45) is 0 Å². The first kappa shape index (κ1) is 19.4. The van der Waals surface area contributed by atoms with Crippen molar-refractivity contribution in [2.45, 2.75) is 37.4 Å². The fraction of sp³-hybridized carbons (Fsp3) is 0.375. The Bertz CT molecular complexity index is 892. The molecule has 2 rings (SSSR count). The van der Waals surface area contributed by atoms with E-state index in [0.717, 1.165) is 10.9 Å². The number of hydrogen-bond donors (Lipinski definition) is 0. The Kier molecular flexibility index (Phi) is 5.84. The zero-order valence-electron chi connectivity index (χ0n) is 14.2. The minimum atomic E-state index is -4.11. The van der Waals surface area contributed by atoms with Crippen molar-refractivity contribution < 1.29 is 17.6 Å². The van der Waals surface area contributed by atoms with E-state index in [4.69, 9.17) is 11.6 Å². The van der Waals surface area contributed by atoms with E-state index in [1.54, 1.807) is 26.8 Å². The minimum Gasteiger partial charge on any atom is -0.323 e. The van der Waals surface area contributed by atoms with Crippen LogP contribution in [0.4, 0.5) is 9.18 Å². The SMILES string of the molecule is CCN(CC)C(=O)n1cc(CF)c(S(=O)(=O)c2cccc(Cl)c2C)n1. The molecule has 9 heteroatoms. The molecule has 0 bridgehead atoms. The summed E-state index contributed by atoms with van der Waals surface area (Å²) in [5.74, 6) is 0. The Labute approximate surface area is 151 Å². The Morgan fingerprint density at radius 1 is 1.32 bits per heavy atom. The molecule has 0 spiro atoms. The van der Waals surface area contributed by atoms with Gasteiger partial charge in [0.2, 0.25) is 9.84 Å². The molecule has 1 aromatic carbocycles. The second-order valence-corrected chi connectivity index (χ2v) is 7.60. The molecule has 25 heavy (non-hydrogen) atoms. The van der Waals surface area contributed by atoms with Crippen molar-refractivity contribution in [3.8, 4) is 0 Å². The largest absolute Gasteiger partial charge is 0.344 e. The Morgan fingerprint density at radius 2 is 1.96 bits per heavy atom. The molecule has 136 valence electrons. The standard InChI is InChI=1S/C16H19ClFN3O3S/c1-4-20(5-2)16(22)21-10-12(9-18)15(19-21)25(23,24)14-8-6-7-13(17)11(14)3/h6-8,10H,4-5,9H2,1-3H3. The summed E-state index contributed by atoms with van der Waals surface area (Å²) in [4.78, 5) is 13.8. The van der Waals surface area contributed by atoms with Crippen LogP contribution in [-0.2, 0) is 16.5 Å². The van der Waals surface area contributed by atoms with Crippen LogP contribution < -0.4 is 0 Å². The highest BCUT2D eigenvalue weighted by Gasteiger charge is 2.29. The van der Waals surface area contributed by atoms with Crippen molar-refractivity contribution in [2.75, 3.05) is 13.1 Å². The van der Waals surface area contributed by atoms with E-state index in [1.165, 1.54) is 17.0 Å². The lowest BCUT2D eigenvalue weighted by Gasteiger charge is -2.17. The average molecular weight is 388 g/mol. The molecular weight excluding hydrogens is 369 g/mol. The molecule has 0 radical (unpaired) electrons. The number of benzene rings is 1. The normalized spacial score (nSPS) is 11.6. The average Bonchev–Trinajstić information content (AvgIpc) is 3.03. The van der Waals surface area contributed by atoms with Crippen LogP contribution in [-0.4, -0.2) is 42.2 Å². The predicted octanol–water partition coefficient (Wildman–Crippen LogP) is 3.46. The van der Waals surface area contributed by atoms with E-state index in [-0.39, 0.29) is 15.5 Å². The van der Waals surface area contributed by atoms with E-state index < -0.39 is 27.6 Å². The van der Waals surface area contributed by atoms with Crippen LogP contribution in [0.1, 0.15) is 25.0 Å². The lowest BCUT2D eigenvalue weighted by Crippen LogP contribution is -2.34. The van der Waals surface area contributed by atoms with Crippen LogP contribution in [0.3, 0.4) is 0 Å². The van der Waals surface area contributed by atoms with Crippen molar-refractivity contribution >= 4 is 27.5 Å². The fourth-order valence-corrected chi connectivity index (χ4v) is 4.29. The lowest BCUT2D eigenvalue weighted by molar-refractivity contribution is 0.201. The van der Waals surface area contributed by atoms with Gasteiger partial charge in [0.25, 0.3) is 0 Å². The number of nitrogens with zero attached hydrogens (tertiary/aromatic N) is 3. The summed E-state index contributed by atoms with van der Waals surface area (Å²) >= 11 is 5.99. The topological polar surface area (TPSA) is 72.3 Å². The maximum atomic E-state index is 13.4. The van der Waals surface area contributed by atoms with Gasteiger partial charge in [0, 0.05) is 29.9 Å². The summed E-state index contributed by atoms with van der Waals surface area (Å²) in [6.45, 7) is 4.93. The number of rotatable bonds is 5. The molecule has 1 heterocycles. The van der Waals surface area contributed by atoms with E-state index >= 15 is 0 Å². The van der Waals surface area contributed by atoms with E-state index in [9.17, 15) is 17.6 Å². The van der Waals surface area contributed by atoms with Crippen LogP contribution in [0.25, 0.3) is 0 Å². The van der Waals surface area contributed by atoms with Gasteiger partial charge in [-0.15, -0.1) is 0 Å². The highest BCUT2D eigenvalue weighted by Crippen LogP contribution is 2.29. The quantitative estimate of drug-likeness (QED) is 0.787. The van der Waals surface area contributed by atoms with Crippen molar-refractivity contribution in [1.29, 1.82) is 0 Å². The van der Waals surface area contributed by atoms with Gasteiger partial charge in [-0.3, -0.25) is 0 Å². The number of carbonyl (C=O) groups excluding carboxylic acids is 1. The minimum absolute atomic E-state index is 0.0600. The molecule has 0 aliphatic carbocycles. The number of amides is 1. The number of carbonyl (C=O) groups is 1. The third-order valence-corrected chi connectivity index (χ3v) is 6.17. The molecule has 0 aliphatic rings. The van der Waals surface area contributed by atoms with Gasteiger partial charge in [-0.2, -0.15) is 9.78 Å². The number of aromatic nitrogens is 2. The molecule has 0 saturated carbocycles. The first-order chi connectivity index (χ1) is 11.8. The van der Waals surface area contributed by atoms with Crippen LogP contribution in [0.5, 0.6) is 0 Å². The van der Waals surface area contributed by atoms with Crippen LogP contribution in [0.15, 0.2) is 34.3 Å². The summed E-state index contributed by atoms with van der Waals surface area (Å²) in [5, 5.41) is 3.68. The third-order valence-electron chi connectivity index (χ3n) is 3.89. The fourth-order valence-electron chi connectivity index (χ4n) is 2.43. The predicted molar refractivity (Wildman–Crippen MR) is 92.4 cm³/mol. The molecule has 0 unspecified atom stereocenters. The van der Waals surface area contributed by atoms with Gasteiger partial charge in [-0.05, 0) is 38.5 Å². The molecule has 1 aromatic heterocycles. The third kappa shape index (κ3) is 3.55. The van der Waals surface area contributed by atoms with Gasteiger partial charge in [-0.1, -0.05) is 17.7 Å². The van der Waals surface area contributed by atoms with Gasteiger partial charge >= 0.3 is 6.03 Å². The molecule has 0 fully saturated rings. The molecule has 0 N–H and O–H groups in total. The Hall–Kier alpha value is -1.93. The van der Waals surface area contributed by atoms with Crippen LogP contribution in [0, 0.1) is 6.92 Å². The van der Waals surface area contributed by atoms with Crippen molar-refractivity contribution in [3.63, 3.8) is 0 Å². The number of sulfone groups is 1. The summed E-state index contributed by atoms with van der Waals surface area (Å²) < 4.78 is 40.1. The molecule has 0 saturated heterocycles. The summed E-state index contributed by atoms with van der Waals surface area (Å²) in [5.41, 5.74) is 0.179. The molecule has 1 amide bonds. The maximum Gasteiger partial charge on any atom is 0.344 e. The number of halogens is 2. The highest BCUT2D eigenvalue weighted by atomic mass is 35.5. The van der Waals surface area contributed by atoms with E-state index in [1.807, 2.05) is 0 Å². The molecule has 6 nitrogen and oxygen atoms in total. The molecule has 0 aliphatic heterocycles. The molecule has 2 aromatic rings. The van der Waals surface area contributed by atoms with Gasteiger partial charge in [-0.25, -0.2) is 17.6 Å². The number of hydrogen-bond acceptors (Lipinski definition) is 4. The van der Waals surface area contributed by atoms with Crippen molar-refractivity contribution in [3.05, 3.63) is 40.5 Å². The summed E-state index contributed by atoms with van der Waals surface area (Å²) in [6.07, 6.45) is 1.12. The Morgan fingerprint density at radius 3 is 2.52 bits per heavy atom. The summed E-state index contributed by atoms with van der Waals surface area (Å²) in [6, 6.07) is 3.93. The smallest absolute Gasteiger partial charge is 0.323 e. The first-order valence-electron chi connectivity index (χ1n) is 7.71. The van der Waals surface area contributed by atoms with Gasteiger partial charge in [0.1, 0.15) is 6.67 Å². The van der Waals surface area contributed by atoms with Crippen LogP contribution >= 0.6 is 11.6 Å². The second-order valence-electron chi connectivity index (χ2n) is 5.36. The van der Waals surface area contributed by atoms with Crippen LogP contribution in [0.2, 0.25) is 5.02 Å². The van der Waals surface area contributed by atoms with Gasteiger partial charge < -0.3 is 4.90 Å². The van der Waals surface area contributed by atoms with Gasteiger partial charge in [0.05, 0.1) is 4.90 Å². The molecular formula is C16H19ClFN3O3S. The zero-order chi connectivity index (χ0) is 18.8. The van der Waals surface area contributed by atoms with E-state index in [0.29, 0.717) is 18.7 Å². The lowest BCUT2D eigenvalue weighted by atomic mass is 10.2. The molecule has 0 atom stereocenters. The highest BCUT2D eigenvalue weighted by molar-refractivity contribution is 7.91. The Balaban J connectivity index is 2.59. The number of alkyl halides is 1. The second kappa shape index (κ2) is 7.53. The summed E-state index contributed by atoms with van der Waals surface area (Å²) in [7, 11) is -4.11. The monoisotopic (exact) mass is 387 g/mol.